The normalized spacial score (nSPS) is 12.6. The second kappa shape index (κ2) is 5.38. The summed E-state index contributed by atoms with van der Waals surface area (Å²) in [5.74, 6) is 0. The molecule has 0 aliphatic rings. The van der Waals surface area contributed by atoms with Crippen LogP contribution >= 0.6 is 11.3 Å². The van der Waals surface area contributed by atoms with Crippen molar-refractivity contribution in [3.63, 3.8) is 0 Å². The highest BCUT2D eigenvalue weighted by Gasteiger charge is 2.08. The fourth-order valence-corrected chi connectivity index (χ4v) is 2.64. The van der Waals surface area contributed by atoms with Gasteiger partial charge in [0.1, 0.15) is 0 Å². The van der Waals surface area contributed by atoms with E-state index in [0.717, 1.165) is 17.2 Å². The number of nitrogens with zero attached hydrogens (tertiary/aromatic N) is 2. The van der Waals surface area contributed by atoms with Gasteiger partial charge in [-0.3, -0.25) is 4.98 Å². The van der Waals surface area contributed by atoms with E-state index in [-0.39, 0.29) is 0 Å². The first-order chi connectivity index (χ1) is 8.16. The van der Waals surface area contributed by atoms with Crippen molar-refractivity contribution in [2.24, 2.45) is 0 Å². The Kier molecular flexibility index (Phi) is 3.86. The fraction of sp³-hybridized carbons (Fsp3) is 0.385. The molecule has 0 aliphatic heterocycles. The maximum atomic E-state index is 4.43. The Morgan fingerprint density at radius 2 is 2.00 bits per heavy atom. The van der Waals surface area contributed by atoms with Gasteiger partial charge in [0, 0.05) is 29.9 Å². The number of aryl methyl sites for hydroxylation is 2. The van der Waals surface area contributed by atoms with Crippen molar-refractivity contribution in [3.8, 4) is 0 Å². The summed E-state index contributed by atoms with van der Waals surface area (Å²) in [6.07, 6.45) is 3.66. The minimum absolute atomic E-state index is 0.333. The van der Waals surface area contributed by atoms with Crippen LogP contribution in [0, 0.1) is 13.8 Å². The summed E-state index contributed by atoms with van der Waals surface area (Å²) in [7, 11) is 0. The zero-order valence-electron chi connectivity index (χ0n) is 10.4. The number of aromatic nitrogens is 2. The first-order valence-corrected chi connectivity index (χ1v) is 6.54. The van der Waals surface area contributed by atoms with E-state index in [1.165, 1.54) is 10.4 Å². The minimum Gasteiger partial charge on any atom is -0.305 e. The van der Waals surface area contributed by atoms with E-state index >= 15 is 0 Å². The SMILES string of the molecule is Cc1nc(C)c(CNC(C)c2ccncc2)s1. The number of hydrogen-bond acceptors (Lipinski definition) is 4. The summed E-state index contributed by atoms with van der Waals surface area (Å²) >= 11 is 1.77. The Balaban J connectivity index is 1.97. The number of pyridine rings is 1. The van der Waals surface area contributed by atoms with Crippen LogP contribution in [-0.2, 0) is 6.54 Å². The maximum Gasteiger partial charge on any atom is 0.0900 e. The second-order valence-electron chi connectivity index (χ2n) is 4.12. The summed E-state index contributed by atoms with van der Waals surface area (Å²) in [6.45, 7) is 7.16. The predicted octanol–water partition coefficient (Wildman–Crippen LogP) is 3.01. The van der Waals surface area contributed by atoms with Gasteiger partial charge in [-0.1, -0.05) is 0 Å². The molecular formula is C13H17N3S. The van der Waals surface area contributed by atoms with Crippen LogP contribution in [0.5, 0.6) is 0 Å². The molecule has 2 heterocycles. The molecule has 3 nitrogen and oxygen atoms in total. The van der Waals surface area contributed by atoms with Crippen molar-refractivity contribution in [3.05, 3.63) is 45.7 Å². The van der Waals surface area contributed by atoms with Crippen molar-refractivity contribution in [2.45, 2.75) is 33.4 Å². The van der Waals surface area contributed by atoms with Crippen LogP contribution < -0.4 is 5.32 Å². The first kappa shape index (κ1) is 12.2. The quantitative estimate of drug-likeness (QED) is 0.902. The van der Waals surface area contributed by atoms with E-state index in [0.29, 0.717) is 6.04 Å². The monoisotopic (exact) mass is 247 g/mol. The molecular weight excluding hydrogens is 230 g/mol. The summed E-state index contributed by atoms with van der Waals surface area (Å²) in [5.41, 5.74) is 2.40. The highest BCUT2D eigenvalue weighted by molar-refractivity contribution is 7.11. The van der Waals surface area contributed by atoms with Gasteiger partial charge in [-0.2, -0.15) is 0 Å². The van der Waals surface area contributed by atoms with Crippen molar-refractivity contribution >= 4 is 11.3 Å². The molecule has 0 aliphatic carbocycles. The molecule has 4 heteroatoms. The Hall–Kier alpha value is -1.26. The molecule has 0 spiro atoms. The van der Waals surface area contributed by atoms with E-state index in [2.05, 4.69) is 29.1 Å². The molecule has 1 unspecified atom stereocenters. The molecule has 1 atom stereocenters. The highest BCUT2D eigenvalue weighted by atomic mass is 32.1. The third kappa shape index (κ3) is 3.11. The second-order valence-corrected chi connectivity index (χ2v) is 5.41. The molecule has 1 N–H and O–H groups in total. The number of hydrogen-bond donors (Lipinski definition) is 1. The van der Waals surface area contributed by atoms with E-state index < -0.39 is 0 Å². The van der Waals surface area contributed by atoms with E-state index in [9.17, 15) is 0 Å². The average molecular weight is 247 g/mol. The molecule has 2 rings (SSSR count). The molecule has 0 saturated heterocycles. The van der Waals surface area contributed by atoms with Gasteiger partial charge < -0.3 is 5.32 Å². The average Bonchev–Trinajstić information content (AvgIpc) is 2.66. The summed E-state index contributed by atoms with van der Waals surface area (Å²) in [4.78, 5) is 9.78. The smallest absolute Gasteiger partial charge is 0.0900 e. The molecule has 0 aromatic carbocycles. The molecule has 90 valence electrons. The first-order valence-electron chi connectivity index (χ1n) is 5.73. The standard InChI is InChI=1S/C13H17N3S/c1-9(12-4-6-14-7-5-12)15-8-13-10(2)16-11(3)17-13/h4-7,9,15H,8H2,1-3H3. The third-order valence-electron chi connectivity index (χ3n) is 2.77. The largest absolute Gasteiger partial charge is 0.305 e. The lowest BCUT2D eigenvalue weighted by molar-refractivity contribution is 0.576. The lowest BCUT2D eigenvalue weighted by Crippen LogP contribution is -2.17. The van der Waals surface area contributed by atoms with Crippen LogP contribution in [0.15, 0.2) is 24.5 Å². The fourth-order valence-electron chi connectivity index (χ4n) is 1.75. The van der Waals surface area contributed by atoms with Gasteiger partial charge in [-0.25, -0.2) is 4.98 Å². The third-order valence-corrected chi connectivity index (χ3v) is 3.85. The van der Waals surface area contributed by atoms with Crippen LogP contribution in [0.25, 0.3) is 0 Å². The zero-order chi connectivity index (χ0) is 12.3. The molecule has 0 amide bonds. The molecule has 0 saturated carbocycles. The number of rotatable bonds is 4. The van der Waals surface area contributed by atoms with Gasteiger partial charge in [-0.15, -0.1) is 11.3 Å². The highest BCUT2D eigenvalue weighted by Crippen LogP contribution is 2.18. The van der Waals surface area contributed by atoms with Crippen LogP contribution in [0.4, 0.5) is 0 Å². The molecule has 2 aromatic rings. The van der Waals surface area contributed by atoms with E-state index in [4.69, 9.17) is 0 Å². The van der Waals surface area contributed by atoms with Gasteiger partial charge >= 0.3 is 0 Å². The molecule has 17 heavy (non-hydrogen) atoms. The molecule has 0 radical (unpaired) electrons. The Labute approximate surface area is 106 Å². The number of nitrogens with one attached hydrogen (secondary N) is 1. The number of thiazole rings is 1. The molecule has 0 bridgehead atoms. The Morgan fingerprint density at radius 1 is 1.29 bits per heavy atom. The van der Waals surface area contributed by atoms with Crippen LogP contribution in [-0.4, -0.2) is 9.97 Å². The zero-order valence-corrected chi connectivity index (χ0v) is 11.2. The van der Waals surface area contributed by atoms with E-state index in [1.807, 2.05) is 31.5 Å². The van der Waals surface area contributed by atoms with Crippen LogP contribution in [0.1, 0.15) is 34.1 Å². The van der Waals surface area contributed by atoms with Gasteiger partial charge in [0.05, 0.1) is 10.7 Å². The van der Waals surface area contributed by atoms with Gasteiger partial charge in [0.15, 0.2) is 0 Å². The van der Waals surface area contributed by atoms with Crippen molar-refractivity contribution in [2.75, 3.05) is 0 Å². The van der Waals surface area contributed by atoms with Gasteiger partial charge in [0.2, 0.25) is 0 Å². The van der Waals surface area contributed by atoms with Crippen molar-refractivity contribution in [1.82, 2.24) is 15.3 Å². The van der Waals surface area contributed by atoms with Crippen molar-refractivity contribution < 1.29 is 0 Å². The summed E-state index contributed by atoms with van der Waals surface area (Å²) < 4.78 is 0. The maximum absolute atomic E-state index is 4.43. The lowest BCUT2D eigenvalue weighted by Gasteiger charge is -2.13. The molecule has 0 fully saturated rings. The predicted molar refractivity (Wildman–Crippen MR) is 71.1 cm³/mol. The van der Waals surface area contributed by atoms with Crippen molar-refractivity contribution in [1.29, 1.82) is 0 Å². The summed E-state index contributed by atoms with van der Waals surface area (Å²) in [6, 6.07) is 4.42. The molecule has 2 aromatic heterocycles. The lowest BCUT2D eigenvalue weighted by atomic mass is 10.1. The van der Waals surface area contributed by atoms with Crippen LogP contribution in [0.3, 0.4) is 0 Å². The van der Waals surface area contributed by atoms with Gasteiger partial charge in [0.25, 0.3) is 0 Å². The summed E-state index contributed by atoms with van der Waals surface area (Å²) in [5, 5.41) is 4.65. The Bertz CT molecular complexity index is 479. The topological polar surface area (TPSA) is 37.8 Å². The van der Waals surface area contributed by atoms with Gasteiger partial charge in [-0.05, 0) is 38.5 Å². The Morgan fingerprint density at radius 3 is 2.59 bits per heavy atom. The van der Waals surface area contributed by atoms with Crippen LogP contribution in [0.2, 0.25) is 0 Å². The van der Waals surface area contributed by atoms with E-state index in [1.54, 1.807) is 11.3 Å². The minimum atomic E-state index is 0.333.